The van der Waals surface area contributed by atoms with E-state index < -0.39 is 5.97 Å². The van der Waals surface area contributed by atoms with E-state index >= 15 is 0 Å². The number of hydrogen-bond acceptors (Lipinski definition) is 5. The average Bonchev–Trinajstić information content (AvgIpc) is 3.27. The number of benzene rings is 2. The lowest BCUT2D eigenvalue weighted by Crippen LogP contribution is -2.32. The summed E-state index contributed by atoms with van der Waals surface area (Å²) in [7, 11) is 0. The number of esters is 1. The SMILES string of the molecule is CCCC(NC(=O)COC(=O)c1ccc(C2SCCS2)cc1)c1ccccc1. The number of thioether (sulfide) groups is 2. The topological polar surface area (TPSA) is 55.4 Å². The van der Waals surface area contributed by atoms with Crippen molar-refractivity contribution in [3.8, 4) is 0 Å². The van der Waals surface area contributed by atoms with Crippen molar-refractivity contribution in [3.63, 3.8) is 0 Å². The first-order valence-corrected chi connectivity index (χ1v) is 11.6. The Kier molecular flexibility index (Phi) is 7.86. The Morgan fingerprint density at radius 2 is 1.75 bits per heavy atom. The monoisotopic (exact) mass is 415 g/mol. The second kappa shape index (κ2) is 10.6. The van der Waals surface area contributed by atoms with Crippen LogP contribution in [0.4, 0.5) is 0 Å². The Balaban J connectivity index is 1.51. The Morgan fingerprint density at radius 3 is 2.39 bits per heavy atom. The van der Waals surface area contributed by atoms with E-state index in [-0.39, 0.29) is 18.6 Å². The fourth-order valence-electron chi connectivity index (χ4n) is 3.07. The van der Waals surface area contributed by atoms with E-state index in [2.05, 4.69) is 12.2 Å². The first-order chi connectivity index (χ1) is 13.7. The molecule has 1 aliphatic heterocycles. The van der Waals surface area contributed by atoms with Crippen LogP contribution in [0.3, 0.4) is 0 Å². The highest BCUT2D eigenvalue weighted by atomic mass is 32.2. The Labute approximate surface area is 174 Å². The van der Waals surface area contributed by atoms with Gasteiger partial charge in [0.15, 0.2) is 6.61 Å². The number of carbonyl (C=O) groups excluding carboxylic acids is 2. The minimum atomic E-state index is -0.472. The maximum atomic E-state index is 12.3. The molecule has 1 heterocycles. The van der Waals surface area contributed by atoms with Gasteiger partial charge in [-0.25, -0.2) is 4.79 Å². The predicted molar refractivity (Wildman–Crippen MR) is 117 cm³/mol. The lowest BCUT2D eigenvalue weighted by atomic mass is 10.0. The number of ether oxygens (including phenoxy) is 1. The van der Waals surface area contributed by atoms with Crippen LogP contribution in [0.15, 0.2) is 54.6 Å². The van der Waals surface area contributed by atoms with Crippen molar-refractivity contribution in [1.29, 1.82) is 0 Å². The first kappa shape index (κ1) is 20.8. The molecule has 4 nitrogen and oxygen atoms in total. The molecule has 1 unspecified atom stereocenters. The maximum Gasteiger partial charge on any atom is 0.338 e. The fourth-order valence-corrected chi connectivity index (χ4v) is 5.93. The Hall–Kier alpha value is -1.92. The van der Waals surface area contributed by atoms with E-state index in [0.29, 0.717) is 10.1 Å². The quantitative estimate of drug-likeness (QED) is 0.616. The minimum Gasteiger partial charge on any atom is -0.452 e. The van der Waals surface area contributed by atoms with E-state index in [1.54, 1.807) is 12.1 Å². The van der Waals surface area contributed by atoms with Crippen molar-refractivity contribution in [1.82, 2.24) is 5.32 Å². The molecular formula is C22H25NO3S2. The Bertz CT molecular complexity index is 774. The van der Waals surface area contributed by atoms with Gasteiger partial charge in [-0.15, -0.1) is 23.5 Å². The summed E-state index contributed by atoms with van der Waals surface area (Å²) < 4.78 is 5.66. The Morgan fingerprint density at radius 1 is 1.07 bits per heavy atom. The van der Waals surface area contributed by atoms with Crippen molar-refractivity contribution >= 4 is 35.4 Å². The summed E-state index contributed by atoms with van der Waals surface area (Å²) in [4.78, 5) is 24.5. The van der Waals surface area contributed by atoms with Crippen LogP contribution >= 0.6 is 23.5 Å². The molecule has 0 saturated carbocycles. The molecule has 0 radical (unpaired) electrons. The van der Waals surface area contributed by atoms with Crippen LogP contribution in [0.2, 0.25) is 0 Å². The molecule has 148 valence electrons. The zero-order valence-electron chi connectivity index (χ0n) is 15.9. The highest BCUT2D eigenvalue weighted by Gasteiger charge is 2.19. The number of rotatable bonds is 8. The summed E-state index contributed by atoms with van der Waals surface area (Å²) in [6, 6.07) is 17.3. The molecule has 0 aromatic heterocycles. The van der Waals surface area contributed by atoms with Gasteiger partial charge < -0.3 is 10.1 Å². The van der Waals surface area contributed by atoms with Crippen molar-refractivity contribution in [2.45, 2.75) is 30.4 Å². The normalized spacial score (nSPS) is 15.2. The van der Waals surface area contributed by atoms with Gasteiger partial charge in [-0.2, -0.15) is 0 Å². The van der Waals surface area contributed by atoms with Gasteiger partial charge >= 0.3 is 5.97 Å². The molecule has 1 aliphatic rings. The molecule has 0 aliphatic carbocycles. The molecule has 1 N–H and O–H groups in total. The van der Waals surface area contributed by atoms with Gasteiger partial charge in [-0.3, -0.25) is 4.79 Å². The molecule has 1 fully saturated rings. The van der Waals surface area contributed by atoms with Crippen molar-refractivity contribution in [3.05, 3.63) is 71.3 Å². The zero-order chi connectivity index (χ0) is 19.8. The fraction of sp³-hybridized carbons (Fsp3) is 0.364. The van der Waals surface area contributed by atoms with Crippen molar-refractivity contribution in [2.75, 3.05) is 18.1 Å². The molecule has 2 aromatic carbocycles. The summed E-state index contributed by atoms with van der Waals surface area (Å²) in [5.41, 5.74) is 2.74. The standard InChI is InChI=1S/C22H25NO3S2/c1-2-6-19(16-7-4-3-5-8-16)23-20(24)15-26-21(25)17-9-11-18(12-10-17)22-27-13-14-28-22/h3-5,7-12,19,22H,2,6,13-15H2,1H3,(H,23,24). The predicted octanol–water partition coefficient (Wildman–Crippen LogP) is 4.98. The highest BCUT2D eigenvalue weighted by molar-refractivity contribution is 8.19. The van der Waals surface area contributed by atoms with E-state index in [4.69, 9.17) is 4.74 Å². The van der Waals surface area contributed by atoms with E-state index in [0.717, 1.165) is 29.9 Å². The summed E-state index contributed by atoms with van der Waals surface area (Å²) in [5, 5.41) is 2.97. The summed E-state index contributed by atoms with van der Waals surface area (Å²) in [6.45, 7) is 1.80. The molecule has 1 saturated heterocycles. The molecule has 3 rings (SSSR count). The van der Waals surface area contributed by atoms with Gasteiger partial charge in [0.25, 0.3) is 5.91 Å². The van der Waals surface area contributed by atoms with Crippen LogP contribution < -0.4 is 5.32 Å². The van der Waals surface area contributed by atoms with E-state index in [9.17, 15) is 9.59 Å². The van der Waals surface area contributed by atoms with Crippen molar-refractivity contribution < 1.29 is 14.3 Å². The van der Waals surface area contributed by atoms with Crippen LogP contribution in [0, 0.1) is 0 Å². The average molecular weight is 416 g/mol. The molecule has 1 amide bonds. The minimum absolute atomic E-state index is 0.0712. The van der Waals surface area contributed by atoms with Crippen LogP contribution in [0.1, 0.15) is 51.9 Å². The van der Waals surface area contributed by atoms with Gasteiger partial charge in [0, 0.05) is 11.5 Å². The molecule has 28 heavy (non-hydrogen) atoms. The number of amides is 1. The first-order valence-electron chi connectivity index (χ1n) is 9.52. The molecule has 2 aromatic rings. The van der Waals surface area contributed by atoms with Crippen LogP contribution in [0.25, 0.3) is 0 Å². The summed E-state index contributed by atoms with van der Waals surface area (Å²) in [6.07, 6.45) is 1.78. The van der Waals surface area contributed by atoms with Gasteiger partial charge in [0.05, 0.1) is 16.2 Å². The van der Waals surface area contributed by atoms with Gasteiger partial charge in [0.2, 0.25) is 0 Å². The van der Waals surface area contributed by atoms with Crippen LogP contribution in [0.5, 0.6) is 0 Å². The number of nitrogens with one attached hydrogen (secondary N) is 1. The smallest absolute Gasteiger partial charge is 0.338 e. The maximum absolute atomic E-state index is 12.3. The summed E-state index contributed by atoms with van der Waals surface area (Å²) >= 11 is 3.85. The second-order valence-corrected chi connectivity index (χ2v) is 9.32. The van der Waals surface area contributed by atoms with E-state index in [1.807, 2.05) is 66.0 Å². The van der Waals surface area contributed by atoms with Crippen molar-refractivity contribution in [2.24, 2.45) is 0 Å². The third kappa shape index (κ3) is 5.79. The van der Waals surface area contributed by atoms with Gasteiger partial charge in [-0.05, 0) is 29.7 Å². The molecule has 6 heteroatoms. The van der Waals surface area contributed by atoms with E-state index in [1.165, 1.54) is 5.56 Å². The molecular weight excluding hydrogens is 390 g/mol. The third-order valence-electron chi connectivity index (χ3n) is 4.49. The zero-order valence-corrected chi connectivity index (χ0v) is 17.6. The lowest BCUT2D eigenvalue weighted by Gasteiger charge is -2.18. The van der Waals surface area contributed by atoms with Crippen LogP contribution in [-0.4, -0.2) is 30.0 Å². The molecule has 0 spiro atoms. The largest absolute Gasteiger partial charge is 0.452 e. The third-order valence-corrected chi connectivity index (χ3v) is 7.59. The van der Waals surface area contributed by atoms with Gasteiger partial charge in [0.1, 0.15) is 0 Å². The van der Waals surface area contributed by atoms with Gasteiger partial charge in [-0.1, -0.05) is 55.8 Å². The number of carbonyl (C=O) groups is 2. The lowest BCUT2D eigenvalue weighted by molar-refractivity contribution is -0.125. The number of hydrogen-bond donors (Lipinski definition) is 1. The van der Waals surface area contributed by atoms with Crippen LogP contribution in [-0.2, 0) is 9.53 Å². The second-order valence-electron chi connectivity index (χ2n) is 6.59. The highest BCUT2D eigenvalue weighted by Crippen LogP contribution is 2.45. The molecule has 0 bridgehead atoms. The molecule has 1 atom stereocenters. The summed E-state index contributed by atoms with van der Waals surface area (Å²) in [5.74, 6) is 1.57.